The maximum Gasteiger partial charge on any atom is 0.397 e. The van der Waals surface area contributed by atoms with Gasteiger partial charge in [-0.05, 0) is 139 Å². The van der Waals surface area contributed by atoms with Crippen LogP contribution in [0.25, 0.3) is 27.0 Å². The number of amidine groups is 1. The first kappa shape index (κ1) is 96.2. The summed E-state index contributed by atoms with van der Waals surface area (Å²) < 4.78 is 232. The van der Waals surface area contributed by atoms with Crippen molar-refractivity contribution in [2.45, 2.75) is 41.2 Å². The van der Waals surface area contributed by atoms with Gasteiger partial charge in [-0.2, -0.15) is 72.0 Å². The molecule has 9 aromatic carbocycles. The number of phenolic OH excluding ortho intramolecular Hbond substituents is 2. The van der Waals surface area contributed by atoms with Crippen LogP contribution >= 0.6 is 47.3 Å². The van der Waals surface area contributed by atoms with E-state index in [0.717, 1.165) is 42.5 Å². The molecule has 47 nitrogen and oxygen atoms in total. The number of hydrogen-bond acceptors (Lipinski definition) is 41. The number of carboxylic acid groups (broad SMARTS) is 1. The summed E-state index contributed by atoms with van der Waals surface area (Å²) >= 11 is 13.2. The van der Waals surface area contributed by atoms with Crippen LogP contribution < -0.4 is 20.9 Å². The van der Waals surface area contributed by atoms with Crippen molar-refractivity contribution in [3.05, 3.63) is 191 Å². The molecule has 0 amide bonds. The van der Waals surface area contributed by atoms with E-state index in [1.54, 1.807) is 25.1 Å². The number of anilines is 8. The zero-order valence-electron chi connectivity index (χ0n) is 60.7. The van der Waals surface area contributed by atoms with Gasteiger partial charge >= 0.3 is 26.8 Å². The van der Waals surface area contributed by atoms with E-state index in [-0.39, 0.29) is 117 Å². The fourth-order valence-corrected chi connectivity index (χ4v) is 16.7. The van der Waals surface area contributed by atoms with Gasteiger partial charge < -0.3 is 46.7 Å². The van der Waals surface area contributed by atoms with Crippen molar-refractivity contribution in [2.24, 2.45) is 25.6 Å². The van der Waals surface area contributed by atoms with Crippen LogP contribution in [0.15, 0.2) is 224 Å². The number of carbonyl (C=O) groups is 1. The predicted molar refractivity (Wildman–Crippen MR) is 431 cm³/mol. The minimum Gasteiger partial charge on any atom is -0.573 e. The van der Waals surface area contributed by atoms with Crippen molar-refractivity contribution in [1.82, 2.24) is 29.9 Å². The molecule has 59 heteroatoms. The van der Waals surface area contributed by atoms with Crippen molar-refractivity contribution >= 4 is 221 Å². The Morgan fingerprint density at radius 2 is 1.14 bits per heavy atom. The molecule has 0 spiro atoms. The maximum atomic E-state index is 12.9. The second kappa shape index (κ2) is 40.8. The van der Waals surface area contributed by atoms with Crippen molar-refractivity contribution in [2.75, 3.05) is 52.1 Å². The Kier molecular flexibility index (Phi) is 31.9. The molecular weight excluding hydrogens is 1910 g/mol. The molecule has 123 heavy (non-hydrogen) atoms. The normalized spacial score (nSPS) is 12.4. The molecule has 655 valence electrons. The van der Waals surface area contributed by atoms with Crippen molar-refractivity contribution in [3.8, 4) is 11.5 Å². The number of aromatic hydroxyl groups is 2. The Morgan fingerprint density at radius 3 is 1.75 bits per heavy atom. The molecule has 0 saturated heterocycles. The van der Waals surface area contributed by atoms with Crippen molar-refractivity contribution in [1.29, 1.82) is 0 Å². The number of rotatable bonds is 35. The SMILES string of the molecule is CCN(c1cccc(S(=O)(=O)CCOS(=O)(=O)O)c1)c1nc(Cl)nc(Nc2cc(S(=O)(=O)O)cc(N=NC(=N[N-]c3cc(SOOO)ccc3C(=O)O)c3ccccc3)c2O)n1.O=S(=O)(O)OCCS(=O)(=O)c1ccc(Nc2nc(Cl)nc(Nc3ccc4c(O)c(N=Nc5ccc6c(S(=O)(=O)O)cccc6c5S(=O)(=O)O)c(SOOO)cc4c3)n2)cc1.[Cu]. The molecule has 0 aliphatic carbocycles. The summed E-state index contributed by atoms with van der Waals surface area (Å²) in [5, 5.41) is 84.4. The first-order valence-corrected chi connectivity index (χ1v) is 45.3. The van der Waals surface area contributed by atoms with Crippen LogP contribution in [-0.2, 0) is 115 Å². The molecule has 11 rings (SSSR count). The van der Waals surface area contributed by atoms with E-state index in [0.29, 0.717) is 40.8 Å². The molecule has 2 heterocycles. The molecular formula is C64H53Cl2CuN16O31S9-. The monoisotopic (exact) mass is 1960 g/mol. The van der Waals surface area contributed by atoms with Gasteiger partial charge in [0, 0.05) is 72.9 Å². The van der Waals surface area contributed by atoms with E-state index in [1.807, 2.05) is 0 Å². The smallest absolute Gasteiger partial charge is 0.397 e. The van der Waals surface area contributed by atoms with Crippen LogP contribution in [0, 0.1) is 0 Å². The number of fused-ring (bicyclic) bond motifs is 2. The summed E-state index contributed by atoms with van der Waals surface area (Å²) in [6.45, 7) is 0.0749. The van der Waals surface area contributed by atoms with Gasteiger partial charge in [-0.15, -0.1) is 34.8 Å². The fourth-order valence-electron chi connectivity index (χ4n) is 10.5. The number of hydrogen-bond donors (Lipinski definition) is 13. The largest absolute Gasteiger partial charge is 0.573 e. The Bertz CT molecular complexity index is 6820. The topological polar surface area (TPSA) is 706 Å². The van der Waals surface area contributed by atoms with Crippen LogP contribution in [-0.4, -0.2) is 180 Å². The number of benzene rings is 9. The average molecular weight is 1970 g/mol. The number of azo groups is 2. The van der Waals surface area contributed by atoms with E-state index in [2.05, 4.69) is 104 Å². The van der Waals surface area contributed by atoms with E-state index in [4.69, 9.17) is 42.8 Å². The Balaban J connectivity index is 0.000000277. The number of halogens is 2. The number of sulfone groups is 2. The van der Waals surface area contributed by atoms with Crippen LogP contribution in [0.3, 0.4) is 0 Å². The molecule has 2 aromatic heterocycles. The minimum atomic E-state index is -5.11. The Hall–Kier alpha value is -10.6. The summed E-state index contributed by atoms with van der Waals surface area (Å²) in [4.78, 5) is 35.4. The summed E-state index contributed by atoms with van der Waals surface area (Å²) in [6.07, 6.45) is 0. The van der Waals surface area contributed by atoms with Gasteiger partial charge in [-0.3, -0.25) is 22.8 Å². The van der Waals surface area contributed by atoms with Gasteiger partial charge in [-0.1, -0.05) is 70.7 Å². The van der Waals surface area contributed by atoms with Crippen molar-refractivity contribution in [3.63, 3.8) is 0 Å². The molecule has 0 aliphatic heterocycles. The molecule has 0 atom stereocenters. The second-order valence-electron chi connectivity index (χ2n) is 23.5. The zero-order valence-corrected chi connectivity index (χ0v) is 70.5. The third-order valence-corrected chi connectivity index (χ3v) is 24.1. The molecule has 0 bridgehead atoms. The van der Waals surface area contributed by atoms with Crippen LogP contribution in [0.1, 0.15) is 22.8 Å². The summed E-state index contributed by atoms with van der Waals surface area (Å²) in [6, 6.07) is 35.1. The van der Waals surface area contributed by atoms with E-state index >= 15 is 0 Å². The van der Waals surface area contributed by atoms with Gasteiger partial charge in [0.15, 0.2) is 37.0 Å². The Labute approximate surface area is 722 Å². The van der Waals surface area contributed by atoms with E-state index in [1.165, 1.54) is 108 Å². The second-order valence-corrected chi connectivity index (χ2v) is 36.3. The molecule has 0 unspecified atom stereocenters. The zero-order chi connectivity index (χ0) is 88.9. The predicted octanol–water partition coefficient (Wildman–Crippen LogP) is 12.2. The summed E-state index contributed by atoms with van der Waals surface area (Å²) in [5.41, 5.74) is 2.76. The number of aromatic carboxylic acids is 1. The Morgan fingerprint density at radius 1 is 0.537 bits per heavy atom. The third-order valence-electron chi connectivity index (χ3n) is 15.6. The number of nitrogens with one attached hydrogen (secondary N) is 3. The molecule has 0 saturated carbocycles. The third kappa shape index (κ3) is 26.2. The summed E-state index contributed by atoms with van der Waals surface area (Å²) in [5.74, 6) is -5.23. The number of phenols is 2. The summed E-state index contributed by atoms with van der Waals surface area (Å²) in [7, 11) is -32.8. The van der Waals surface area contributed by atoms with Crippen LogP contribution in [0.4, 0.5) is 69.3 Å². The number of aromatic nitrogens is 6. The van der Waals surface area contributed by atoms with E-state index in [9.17, 15) is 92.7 Å². The minimum absolute atomic E-state index is 0. The standard InChI is InChI=1S/C33H30ClN9O15S4.C31H24ClN7O16S5.Cu/c1-2-43(20-9-6-10-22(15-20)60(48,49)14-13-56-62(53,54)55)33-37-31(34)36-32(38-33)35-26-17-23(61(50,51)52)18-27(28(26)44)40-42-29(19-7-4-3-5-8-19)41-39-25-16-21(59-58-57-47)11-12-24(25)30(45)46;32-29-35-30(33-17-4-7-19(8-5-17)57(42,43)13-12-53-60(50,51)52)37-31(36-29)34-18-6-9-20-16(14-18)15-24(56-55-54-41)26(27(20)40)39-38-23-11-10-21-22(28(23)59(47,48)49)2-1-3-25(21)58(44,45)46;/h3-12,15-18H,2,13-14H2,1H3,(H7,35,36,37,38,39,40,41,42,44,45,46,47,50,51,52,53,54,55);1-11,14-15,40-41H,12-13H2,(H,44,45,46)(H,47,48,49)(H,50,51,52)(H2,33,34,35,36,37);/p-1. The fraction of sp³-hybridized carbons (Fsp3) is 0.0938. The molecule has 0 aliphatic rings. The van der Waals surface area contributed by atoms with Gasteiger partial charge in [0.1, 0.15) is 26.9 Å². The van der Waals surface area contributed by atoms with Crippen molar-refractivity contribution < 1.29 is 156 Å². The molecule has 0 fully saturated rings. The van der Waals surface area contributed by atoms with E-state index < -0.39 is 156 Å². The maximum absolute atomic E-state index is 12.9. The molecule has 13 N–H and O–H groups in total. The molecule has 11 aromatic rings. The van der Waals surface area contributed by atoms with Gasteiger partial charge in [0.05, 0.1) is 74.1 Å². The van der Waals surface area contributed by atoms with Crippen LogP contribution in [0.5, 0.6) is 11.5 Å². The van der Waals surface area contributed by atoms with Gasteiger partial charge in [0.2, 0.25) is 34.4 Å². The quantitative estimate of drug-likeness (QED) is 0.00202. The molecule has 1 radical (unpaired) electrons. The van der Waals surface area contributed by atoms with Gasteiger partial charge in [-0.25, -0.2) is 40.5 Å². The average Bonchev–Trinajstić information content (AvgIpc) is 0.752. The first-order valence-electron chi connectivity index (χ1n) is 32.7. The van der Waals surface area contributed by atoms with Gasteiger partial charge in [0.25, 0.3) is 30.4 Å². The first-order chi connectivity index (χ1) is 57.4. The number of carboxylic acids is 1. The van der Waals surface area contributed by atoms with Crippen LogP contribution in [0.2, 0.25) is 10.6 Å². The number of nitrogens with zero attached hydrogens (tertiary/aromatic N) is 13.